The number of rotatable bonds is 0. The van der Waals surface area contributed by atoms with E-state index in [0.717, 1.165) is 0 Å². The van der Waals surface area contributed by atoms with Gasteiger partial charge < -0.3 is 9.27 Å². The summed E-state index contributed by atoms with van der Waals surface area (Å²) < 4.78 is 0. The van der Waals surface area contributed by atoms with Crippen LogP contribution in [0.4, 0.5) is 0 Å². The quantitative estimate of drug-likeness (QED) is 0.265. The molecular formula is C3H10ClLiMg. The topological polar surface area (TPSA) is 0 Å². The smallest absolute Gasteiger partial charge is 1.00 e. The van der Waals surface area contributed by atoms with Crippen molar-refractivity contribution in [1.29, 1.82) is 0 Å². The Morgan fingerprint density at radius 1 is 1.33 bits per heavy atom. The van der Waals surface area contributed by atoms with E-state index >= 15 is 0 Å². The van der Waals surface area contributed by atoms with Gasteiger partial charge in [0, 0.05) is 0 Å². The second kappa shape index (κ2) is 30.2. The fourth-order valence-corrected chi connectivity index (χ4v) is 0. The van der Waals surface area contributed by atoms with Crippen molar-refractivity contribution in [2.24, 2.45) is 0 Å². The van der Waals surface area contributed by atoms with Gasteiger partial charge in [-0.2, -0.15) is 13.8 Å². The molecule has 0 aromatic rings. The number of hydrogen-bond acceptors (Lipinski definition) is 0. The van der Waals surface area contributed by atoms with Crippen molar-refractivity contribution in [3.8, 4) is 0 Å². The molecule has 0 atom stereocenters. The summed E-state index contributed by atoms with van der Waals surface area (Å²) in [4.78, 5) is 0. The summed E-state index contributed by atoms with van der Waals surface area (Å²) in [6, 6.07) is 0. The van der Waals surface area contributed by atoms with Crippen molar-refractivity contribution in [1.82, 2.24) is 0 Å². The zero-order chi connectivity index (χ0) is 2.71. The van der Waals surface area contributed by atoms with E-state index in [1.165, 1.54) is 0 Å². The minimum absolute atomic E-state index is 0. The van der Waals surface area contributed by atoms with Crippen LogP contribution in [0.1, 0.15) is 16.7 Å². The van der Waals surface area contributed by atoms with Crippen LogP contribution in [0.5, 0.6) is 0 Å². The molecule has 0 spiro atoms. The van der Waals surface area contributed by atoms with Crippen LogP contribution in [0.25, 0.3) is 0 Å². The molecular weight excluding hydrogens is 103 g/mol. The van der Waals surface area contributed by atoms with E-state index in [1.807, 2.05) is 20.3 Å². The zero-order valence-corrected chi connectivity index (χ0v) is 6.92. The maximum atomic E-state index is 2.00. The van der Waals surface area contributed by atoms with Gasteiger partial charge in [0.2, 0.25) is 0 Å². The van der Waals surface area contributed by atoms with Gasteiger partial charge in [0.05, 0.1) is 0 Å². The summed E-state index contributed by atoms with van der Waals surface area (Å²) in [7, 11) is 0. The van der Waals surface area contributed by atoms with Gasteiger partial charge in [-0.3, -0.25) is 0 Å². The summed E-state index contributed by atoms with van der Waals surface area (Å²) in [6.45, 7) is 4.00. The molecule has 0 N–H and O–H groups in total. The van der Waals surface area contributed by atoms with E-state index in [-0.39, 0.29) is 57.2 Å². The van der Waals surface area contributed by atoms with Crippen molar-refractivity contribution in [3.63, 3.8) is 0 Å². The Balaban J connectivity index is -0.00000000200. The van der Waals surface area contributed by atoms with Crippen molar-refractivity contribution in [2.75, 3.05) is 0 Å². The summed E-state index contributed by atoms with van der Waals surface area (Å²) in [5.74, 6) is 0. The molecule has 0 unspecified atom stereocenters. The SMILES string of the molecule is C[CH-]C.Cl.[H-].[H-].[Li+].[Mg+2]. The third-order valence-electron chi connectivity index (χ3n) is 0. The Morgan fingerprint density at radius 3 is 1.33 bits per heavy atom. The van der Waals surface area contributed by atoms with Crippen molar-refractivity contribution < 1.29 is 21.7 Å². The third-order valence-corrected chi connectivity index (χ3v) is 0. The average Bonchev–Trinajstić information content (AvgIpc) is 0.918. The second-order valence-corrected chi connectivity index (χ2v) is 0.577. The van der Waals surface area contributed by atoms with Crippen LogP contribution in [0.3, 0.4) is 0 Å². The first-order valence-corrected chi connectivity index (χ1v) is 1.15. The molecule has 0 aromatic carbocycles. The van der Waals surface area contributed by atoms with E-state index in [1.54, 1.807) is 0 Å². The van der Waals surface area contributed by atoms with Gasteiger partial charge in [-0.05, 0) is 0 Å². The predicted molar refractivity (Wildman–Crippen MR) is 30.9 cm³/mol. The zero-order valence-electron chi connectivity index (χ0n) is 6.69. The van der Waals surface area contributed by atoms with Crippen LogP contribution in [0.2, 0.25) is 0 Å². The Hall–Kier alpha value is 1.65. The molecule has 6 heavy (non-hydrogen) atoms. The largest absolute Gasteiger partial charge is 2.00 e. The first-order chi connectivity index (χ1) is 1.41. The average molecular weight is 113 g/mol. The van der Waals surface area contributed by atoms with Crippen LogP contribution >= 0.6 is 12.4 Å². The van der Waals surface area contributed by atoms with Gasteiger partial charge >= 0.3 is 41.9 Å². The molecule has 0 aliphatic carbocycles. The Kier molecular flexibility index (Phi) is 128. The maximum Gasteiger partial charge on any atom is 2.00 e. The molecule has 0 rings (SSSR count). The van der Waals surface area contributed by atoms with E-state index in [9.17, 15) is 0 Å². The van der Waals surface area contributed by atoms with Crippen LogP contribution in [-0.4, -0.2) is 23.1 Å². The molecule has 0 heterocycles. The van der Waals surface area contributed by atoms with Crippen LogP contribution in [-0.2, 0) is 0 Å². The summed E-state index contributed by atoms with van der Waals surface area (Å²) in [5, 5.41) is 0. The molecule has 3 heteroatoms. The van der Waals surface area contributed by atoms with Crippen LogP contribution in [0, 0.1) is 6.42 Å². The molecule has 0 aliphatic heterocycles. The maximum absolute atomic E-state index is 2.00. The van der Waals surface area contributed by atoms with E-state index in [4.69, 9.17) is 0 Å². The monoisotopic (exact) mass is 112 g/mol. The minimum atomic E-state index is 0. The van der Waals surface area contributed by atoms with Crippen molar-refractivity contribution in [2.45, 2.75) is 13.8 Å². The number of halogens is 1. The summed E-state index contributed by atoms with van der Waals surface area (Å²) in [5.41, 5.74) is 0. The van der Waals surface area contributed by atoms with Gasteiger partial charge in [-0.25, -0.2) is 0 Å². The fraction of sp³-hybridized carbons (Fsp3) is 0.667. The minimum Gasteiger partial charge on any atom is -1.00 e. The van der Waals surface area contributed by atoms with Crippen molar-refractivity contribution in [3.05, 3.63) is 6.42 Å². The second-order valence-electron chi connectivity index (χ2n) is 0.577. The van der Waals surface area contributed by atoms with Gasteiger partial charge in [0.1, 0.15) is 0 Å². The number of hydrogen-bond donors (Lipinski definition) is 0. The summed E-state index contributed by atoms with van der Waals surface area (Å²) in [6.07, 6.45) is 2.00. The molecule has 0 aromatic heterocycles. The van der Waals surface area contributed by atoms with E-state index in [2.05, 4.69) is 0 Å². The third kappa shape index (κ3) is 44.8. The Morgan fingerprint density at radius 2 is 1.33 bits per heavy atom. The fourth-order valence-electron chi connectivity index (χ4n) is 0. The molecule has 0 radical (unpaired) electrons. The molecule has 0 saturated carbocycles. The first kappa shape index (κ1) is 25.4. The first-order valence-electron chi connectivity index (χ1n) is 1.15. The van der Waals surface area contributed by atoms with Gasteiger partial charge in [-0.1, -0.05) is 0 Å². The predicted octanol–water partition coefficient (Wildman–Crippen LogP) is -1.50. The molecule has 32 valence electrons. The normalized spacial score (nSPS) is 3.00. The molecule has 0 amide bonds. The van der Waals surface area contributed by atoms with Crippen LogP contribution < -0.4 is 18.9 Å². The molecule has 0 saturated heterocycles. The van der Waals surface area contributed by atoms with Crippen LogP contribution in [0.15, 0.2) is 0 Å². The molecule has 0 nitrogen and oxygen atoms in total. The summed E-state index contributed by atoms with van der Waals surface area (Å²) >= 11 is 0. The molecule has 0 fully saturated rings. The molecule has 0 bridgehead atoms. The molecule has 0 aliphatic rings. The van der Waals surface area contributed by atoms with E-state index < -0.39 is 0 Å². The van der Waals surface area contributed by atoms with Crippen molar-refractivity contribution >= 4 is 35.5 Å². The Bertz CT molecular complexity index is 17.2. The van der Waals surface area contributed by atoms with Gasteiger partial charge in [0.25, 0.3) is 0 Å². The van der Waals surface area contributed by atoms with E-state index in [0.29, 0.717) is 0 Å². The Labute approximate surface area is 77.2 Å². The standard InChI is InChI=1S/C3H7.ClH.Li.Mg.2H/c1-3-2;;;;;/h3H,1-2H3;1H;;;;/q-1;;+1;+2;2*-1. The van der Waals surface area contributed by atoms with Gasteiger partial charge in [-0.15, -0.1) is 12.4 Å². The van der Waals surface area contributed by atoms with Gasteiger partial charge in [0.15, 0.2) is 0 Å².